The Kier molecular flexibility index (Phi) is 7.51. The van der Waals surface area contributed by atoms with Crippen LogP contribution in [0.1, 0.15) is 34.1 Å². The van der Waals surface area contributed by atoms with Crippen molar-refractivity contribution in [3.63, 3.8) is 0 Å². The van der Waals surface area contributed by atoms with Gasteiger partial charge in [-0.25, -0.2) is 0 Å². The highest BCUT2D eigenvalue weighted by molar-refractivity contribution is 4.60. The van der Waals surface area contributed by atoms with Crippen LogP contribution in [0.3, 0.4) is 0 Å². The fourth-order valence-electron chi connectivity index (χ4n) is 1.08. The van der Waals surface area contributed by atoms with Gasteiger partial charge in [0.15, 0.2) is 0 Å². The predicted octanol–water partition coefficient (Wildman–Crippen LogP) is 2.47. The Morgan fingerprint density at radius 3 is 2.25 bits per heavy atom. The fourth-order valence-corrected chi connectivity index (χ4v) is 1.08. The van der Waals surface area contributed by atoms with E-state index in [2.05, 4.69) is 13.8 Å². The molecule has 0 aliphatic carbocycles. The third-order valence-corrected chi connectivity index (χ3v) is 2.15. The molecule has 0 aromatic carbocycles. The number of hydrogen-bond acceptors (Lipinski definition) is 2. The molecular weight excluding hydrogens is 152 g/mol. The number of hydrogen-bond donors (Lipinski definition) is 0. The molecule has 0 amide bonds. The molecule has 12 heavy (non-hydrogen) atoms. The van der Waals surface area contributed by atoms with Gasteiger partial charge in [-0.1, -0.05) is 6.92 Å². The van der Waals surface area contributed by atoms with E-state index in [9.17, 15) is 0 Å². The van der Waals surface area contributed by atoms with Gasteiger partial charge < -0.3 is 9.47 Å². The van der Waals surface area contributed by atoms with Gasteiger partial charge >= 0.3 is 0 Å². The maximum atomic E-state index is 5.48. The lowest BCUT2D eigenvalue weighted by atomic mass is 10.0. The molecule has 0 fully saturated rings. The summed E-state index contributed by atoms with van der Waals surface area (Å²) < 4.78 is 10.8. The summed E-state index contributed by atoms with van der Waals surface area (Å²) in [4.78, 5) is 0. The van der Waals surface area contributed by atoms with Crippen LogP contribution < -0.4 is 0 Å². The summed E-state index contributed by atoms with van der Waals surface area (Å²) in [5.41, 5.74) is 0. The van der Waals surface area contributed by atoms with Gasteiger partial charge in [-0.3, -0.25) is 0 Å². The predicted molar refractivity (Wildman–Crippen MR) is 51.4 cm³/mol. The Bertz CT molecular complexity index is 93.8. The van der Waals surface area contributed by atoms with Gasteiger partial charge in [0.1, 0.15) is 0 Å². The van der Waals surface area contributed by atoms with Crippen LogP contribution in [0, 0.1) is 5.92 Å². The van der Waals surface area contributed by atoms with Crippen molar-refractivity contribution in [2.75, 3.05) is 19.8 Å². The van der Waals surface area contributed by atoms with Crippen LogP contribution in [0.2, 0.25) is 0 Å². The molecule has 2 atom stereocenters. The van der Waals surface area contributed by atoms with Crippen molar-refractivity contribution in [1.29, 1.82) is 0 Å². The smallest absolute Gasteiger partial charge is 0.0573 e. The van der Waals surface area contributed by atoms with E-state index in [1.807, 2.05) is 13.8 Å². The zero-order chi connectivity index (χ0) is 9.40. The SMILES string of the molecule is CCOCCC(C)C(C)OCC. The topological polar surface area (TPSA) is 18.5 Å². The Balaban J connectivity index is 3.35. The molecule has 0 aromatic rings. The lowest BCUT2D eigenvalue weighted by Crippen LogP contribution is -2.19. The first-order valence-corrected chi connectivity index (χ1v) is 4.91. The van der Waals surface area contributed by atoms with Crippen LogP contribution >= 0.6 is 0 Å². The van der Waals surface area contributed by atoms with Crippen molar-refractivity contribution in [1.82, 2.24) is 0 Å². The first-order chi connectivity index (χ1) is 5.72. The largest absolute Gasteiger partial charge is 0.382 e. The molecule has 0 aliphatic heterocycles. The summed E-state index contributed by atoms with van der Waals surface area (Å²) >= 11 is 0. The van der Waals surface area contributed by atoms with Crippen LogP contribution in [0.4, 0.5) is 0 Å². The normalized spacial score (nSPS) is 16.0. The van der Waals surface area contributed by atoms with Gasteiger partial charge in [0.2, 0.25) is 0 Å². The van der Waals surface area contributed by atoms with Gasteiger partial charge in [0.25, 0.3) is 0 Å². The van der Waals surface area contributed by atoms with E-state index < -0.39 is 0 Å². The standard InChI is InChI=1S/C10H22O2/c1-5-11-8-7-9(3)10(4)12-6-2/h9-10H,5-8H2,1-4H3. The third kappa shape index (κ3) is 5.56. The zero-order valence-corrected chi connectivity index (χ0v) is 8.80. The van der Waals surface area contributed by atoms with E-state index in [1.165, 1.54) is 0 Å². The highest BCUT2D eigenvalue weighted by Crippen LogP contribution is 2.11. The summed E-state index contributed by atoms with van der Waals surface area (Å²) in [5, 5.41) is 0. The van der Waals surface area contributed by atoms with Crippen LogP contribution in [0.25, 0.3) is 0 Å². The molecule has 0 aliphatic rings. The lowest BCUT2D eigenvalue weighted by molar-refractivity contribution is 0.0241. The quantitative estimate of drug-likeness (QED) is 0.552. The zero-order valence-electron chi connectivity index (χ0n) is 8.80. The maximum Gasteiger partial charge on any atom is 0.0573 e. The van der Waals surface area contributed by atoms with Crippen molar-refractivity contribution in [2.24, 2.45) is 5.92 Å². The monoisotopic (exact) mass is 174 g/mol. The van der Waals surface area contributed by atoms with Gasteiger partial charge in [-0.05, 0) is 33.1 Å². The van der Waals surface area contributed by atoms with Crippen molar-refractivity contribution in [3.05, 3.63) is 0 Å². The Morgan fingerprint density at radius 2 is 1.75 bits per heavy atom. The van der Waals surface area contributed by atoms with E-state index in [-0.39, 0.29) is 0 Å². The molecule has 0 rings (SSSR count). The highest BCUT2D eigenvalue weighted by atomic mass is 16.5. The van der Waals surface area contributed by atoms with Crippen molar-refractivity contribution in [2.45, 2.75) is 40.2 Å². The van der Waals surface area contributed by atoms with E-state index in [0.717, 1.165) is 26.2 Å². The molecule has 2 nitrogen and oxygen atoms in total. The summed E-state index contributed by atoms with van der Waals surface area (Å²) in [6, 6.07) is 0. The van der Waals surface area contributed by atoms with Crippen molar-refractivity contribution in [3.8, 4) is 0 Å². The Hall–Kier alpha value is -0.0800. The van der Waals surface area contributed by atoms with E-state index in [1.54, 1.807) is 0 Å². The fraction of sp³-hybridized carbons (Fsp3) is 1.00. The average Bonchev–Trinajstić information content (AvgIpc) is 2.05. The number of rotatable bonds is 7. The van der Waals surface area contributed by atoms with Gasteiger partial charge in [0.05, 0.1) is 6.10 Å². The second kappa shape index (κ2) is 7.56. The molecular formula is C10H22O2. The first kappa shape index (κ1) is 11.9. The minimum absolute atomic E-state index is 0.357. The molecule has 74 valence electrons. The van der Waals surface area contributed by atoms with E-state index in [0.29, 0.717) is 12.0 Å². The summed E-state index contributed by atoms with van der Waals surface area (Å²) in [7, 11) is 0. The second-order valence-electron chi connectivity index (χ2n) is 3.12. The van der Waals surface area contributed by atoms with Crippen LogP contribution in [0.5, 0.6) is 0 Å². The van der Waals surface area contributed by atoms with Crippen LogP contribution in [0.15, 0.2) is 0 Å². The molecule has 0 radical (unpaired) electrons. The van der Waals surface area contributed by atoms with Crippen LogP contribution in [-0.4, -0.2) is 25.9 Å². The van der Waals surface area contributed by atoms with Crippen molar-refractivity contribution < 1.29 is 9.47 Å². The average molecular weight is 174 g/mol. The lowest BCUT2D eigenvalue weighted by Gasteiger charge is -2.19. The summed E-state index contributed by atoms with van der Waals surface area (Å²) in [5.74, 6) is 0.594. The molecule has 0 saturated carbocycles. The van der Waals surface area contributed by atoms with Crippen LogP contribution in [-0.2, 0) is 9.47 Å². The molecule has 0 saturated heterocycles. The number of ether oxygens (including phenoxy) is 2. The Labute approximate surface area is 76.3 Å². The second-order valence-corrected chi connectivity index (χ2v) is 3.12. The minimum atomic E-state index is 0.357. The summed E-state index contributed by atoms with van der Waals surface area (Å²) in [6.07, 6.45) is 1.45. The van der Waals surface area contributed by atoms with Gasteiger partial charge in [-0.15, -0.1) is 0 Å². The third-order valence-electron chi connectivity index (χ3n) is 2.15. The van der Waals surface area contributed by atoms with E-state index in [4.69, 9.17) is 9.47 Å². The highest BCUT2D eigenvalue weighted by Gasteiger charge is 2.10. The maximum absolute atomic E-state index is 5.48. The minimum Gasteiger partial charge on any atom is -0.382 e. The Morgan fingerprint density at radius 1 is 1.08 bits per heavy atom. The summed E-state index contributed by atoms with van der Waals surface area (Å²) in [6.45, 7) is 10.9. The van der Waals surface area contributed by atoms with Gasteiger partial charge in [-0.2, -0.15) is 0 Å². The van der Waals surface area contributed by atoms with Crippen molar-refractivity contribution >= 4 is 0 Å². The first-order valence-electron chi connectivity index (χ1n) is 4.91. The molecule has 0 aromatic heterocycles. The molecule has 0 heterocycles. The van der Waals surface area contributed by atoms with E-state index >= 15 is 0 Å². The molecule has 0 spiro atoms. The molecule has 2 heteroatoms. The molecule has 0 N–H and O–H groups in total. The molecule has 0 bridgehead atoms. The molecule has 2 unspecified atom stereocenters. The van der Waals surface area contributed by atoms with Gasteiger partial charge in [0, 0.05) is 19.8 Å².